The van der Waals surface area contributed by atoms with E-state index in [1.54, 1.807) is 24.4 Å². The SMILES string of the molecule is COc1ccccc1N1C[C@@H](c2cc(=O)[nH]c(N[C@H](C)c3cccnc3)n2)CC1=O. The first-order valence-electron chi connectivity index (χ1n) is 9.76. The van der Waals surface area contributed by atoms with Gasteiger partial charge in [-0.25, -0.2) is 4.98 Å². The fourth-order valence-corrected chi connectivity index (χ4v) is 3.67. The maximum atomic E-state index is 12.7. The Kier molecular flexibility index (Phi) is 5.47. The van der Waals surface area contributed by atoms with Crippen molar-refractivity contribution in [3.8, 4) is 5.75 Å². The number of pyridine rings is 1. The molecule has 8 nitrogen and oxygen atoms in total. The Labute approximate surface area is 173 Å². The van der Waals surface area contributed by atoms with Gasteiger partial charge in [-0.1, -0.05) is 18.2 Å². The highest BCUT2D eigenvalue weighted by Crippen LogP contribution is 2.35. The fraction of sp³-hybridized carbons (Fsp3) is 0.273. The molecule has 1 aromatic carbocycles. The van der Waals surface area contributed by atoms with Gasteiger partial charge in [-0.2, -0.15) is 0 Å². The molecule has 4 rings (SSSR count). The highest BCUT2D eigenvalue weighted by molar-refractivity contribution is 5.97. The quantitative estimate of drug-likeness (QED) is 0.654. The van der Waals surface area contributed by atoms with Gasteiger partial charge in [0, 0.05) is 37.3 Å². The maximum absolute atomic E-state index is 12.7. The van der Waals surface area contributed by atoms with E-state index in [4.69, 9.17) is 4.74 Å². The molecule has 1 aliphatic heterocycles. The lowest BCUT2D eigenvalue weighted by molar-refractivity contribution is -0.117. The number of carbonyl (C=O) groups is 1. The number of rotatable bonds is 6. The van der Waals surface area contributed by atoms with E-state index in [1.165, 1.54) is 6.07 Å². The standard InChI is InChI=1S/C22H23N5O3/c1-14(15-6-5-9-23-12-15)24-22-25-17(11-20(28)26-22)16-10-21(29)27(13-16)18-7-3-4-8-19(18)30-2/h3-9,11-12,14,16H,10,13H2,1-2H3,(H2,24,25,26,28)/t14-,16+/m1/s1. The molecule has 3 heterocycles. The van der Waals surface area contributed by atoms with Crippen molar-refractivity contribution in [3.05, 3.63) is 76.5 Å². The summed E-state index contributed by atoms with van der Waals surface area (Å²) in [6.45, 7) is 2.40. The summed E-state index contributed by atoms with van der Waals surface area (Å²) in [6.07, 6.45) is 3.76. The molecule has 0 unspecified atom stereocenters. The van der Waals surface area contributed by atoms with E-state index in [-0.39, 0.29) is 29.8 Å². The second-order valence-electron chi connectivity index (χ2n) is 7.25. The molecular weight excluding hydrogens is 382 g/mol. The predicted octanol–water partition coefficient (Wildman–Crippen LogP) is 2.87. The maximum Gasteiger partial charge on any atom is 0.252 e. The summed E-state index contributed by atoms with van der Waals surface area (Å²) >= 11 is 0. The van der Waals surface area contributed by atoms with Crippen LogP contribution in [-0.4, -0.2) is 34.5 Å². The number of aromatic nitrogens is 3. The number of nitrogens with one attached hydrogen (secondary N) is 2. The number of carbonyl (C=O) groups excluding carboxylic acids is 1. The van der Waals surface area contributed by atoms with Crippen molar-refractivity contribution in [2.45, 2.75) is 25.3 Å². The first-order chi connectivity index (χ1) is 14.5. The van der Waals surface area contributed by atoms with Crippen LogP contribution in [0.15, 0.2) is 59.7 Å². The van der Waals surface area contributed by atoms with E-state index >= 15 is 0 Å². The number of amides is 1. The number of anilines is 2. The van der Waals surface area contributed by atoms with Crippen LogP contribution in [0.4, 0.5) is 11.6 Å². The first-order valence-corrected chi connectivity index (χ1v) is 9.76. The molecule has 154 valence electrons. The topological polar surface area (TPSA) is 100 Å². The minimum atomic E-state index is -0.260. The zero-order valence-corrected chi connectivity index (χ0v) is 16.8. The summed E-state index contributed by atoms with van der Waals surface area (Å²) in [5, 5.41) is 3.21. The third-order valence-corrected chi connectivity index (χ3v) is 5.22. The van der Waals surface area contributed by atoms with Crippen LogP contribution >= 0.6 is 0 Å². The zero-order valence-electron chi connectivity index (χ0n) is 16.8. The van der Waals surface area contributed by atoms with Gasteiger partial charge < -0.3 is 15.0 Å². The first kappa shape index (κ1) is 19.6. The summed E-state index contributed by atoms with van der Waals surface area (Å²) in [6, 6.07) is 12.6. The molecule has 1 amide bonds. The Bertz CT molecular complexity index is 1100. The molecule has 2 N–H and O–H groups in total. The van der Waals surface area contributed by atoms with Gasteiger partial charge in [0.2, 0.25) is 11.9 Å². The molecule has 0 aliphatic carbocycles. The summed E-state index contributed by atoms with van der Waals surface area (Å²) < 4.78 is 5.39. The Morgan fingerprint density at radius 1 is 1.23 bits per heavy atom. The molecule has 2 atom stereocenters. The van der Waals surface area contributed by atoms with Gasteiger partial charge in [0.25, 0.3) is 5.56 Å². The van der Waals surface area contributed by atoms with E-state index < -0.39 is 0 Å². The van der Waals surface area contributed by atoms with Crippen molar-refractivity contribution in [2.24, 2.45) is 0 Å². The molecule has 0 radical (unpaired) electrons. The number of methoxy groups -OCH3 is 1. The van der Waals surface area contributed by atoms with Gasteiger partial charge in [-0.3, -0.25) is 19.6 Å². The monoisotopic (exact) mass is 405 g/mol. The smallest absolute Gasteiger partial charge is 0.252 e. The average molecular weight is 405 g/mol. The van der Waals surface area contributed by atoms with Gasteiger partial charge in [-0.15, -0.1) is 0 Å². The molecule has 1 fully saturated rings. The van der Waals surface area contributed by atoms with Crippen molar-refractivity contribution in [1.29, 1.82) is 0 Å². The zero-order chi connectivity index (χ0) is 21.1. The highest BCUT2D eigenvalue weighted by atomic mass is 16.5. The van der Waals surface area contributed by atoms with E-state index in [1.807, 2.05) is 43.3 Å². The number of hydrogen-bond donors (Lipinski definition) is 2. The van der Waals surface area contributed by atoms with Crippen LogP contribution < -0.4 is 20.5 Å². The fourth-order valence-electron chi connectivity index (χ4n) is 3.67. The number of aromatic amines is 1. The van der Waals surface area contributed by atoms with Crippen molar-refractivity contribution < 1.29 is 9.53 Å². The number of benzene rings is 1. The van der Waals surface area contributed by atoms with E-state index in [0.29, 0.717) is 23.9 Å². The van der Waals surface area contributed by atoms with Crippen LogP contribution in [0, 0.1) is 0 Å². The number of ether oxygens (including phenoxy) is 1. The molecule has 0 bridgehead atoms. The lowest BCUT2D eigenvalue weighted by Gasteiger charge is -2.19. The number of para-hydroxylation sites is 2. The summed E-state index contributed by atoms with van der Waals surface area (Å²) in [5.74, 6) is 0.804. The van der Waals surface area contributed by atoms with Gasteiger partial charge in [0.05, 0.1) is 24.5 Å². The minimum Gasteiger partial charge on any atom is -0.495 e. The third kappa shape index (κ3) is 4.03. The number of hydrogen-bond acceptors (Lipinski definition) is 6. The molecule has 30 heavy (non-hydrogen) atoms. The molecule has 3 aromatic rings. The molecule has 0 saturated carbocycles. The van der Waals surface area contributed by atoms with Crippen molar-refractivity contribution in [1.82, 2.24) is 15.0 Å². The summed E-state index contributed by atoms with van der Waals surface area (Å²) in [5.41, 5.74) is 2.03. The Balaban J connectivity index is 1.56. The molecule has 1 saturated heterocycles. The highest BCUT2D eigenvalue weighted by Gasteiger charge is 2.34. The van der Waals surface area contributed by atoms with Gasteiger partial charge in [0.15, 0.2) is 0 Å². The van der Waals surface area contributed by atoms with E-state index in [2.05, 4.69) is 20.3 Å². The van der Waals surface area contributed by atoms with Crippen molar-refractivity contribution in [3.63, 3.8) is 0 Å². The molecular formula is C22H23N5O3. The molecule has 0 spiro atoms. The lowest BCUT2D eigenvalue weighted by Crippen LogP contribution is -2.25. The second kappa shape index (κ2) is 8.36. The minimum absolute atomic E-state index is 0.0233. The van der Waals surface area contributed by atoms with E-state index in [9.17, 15) is 9.59 Å². The molecule has 8 heteroatoms. The predicted molar refractivity (Wildman–Crippen MR) is 114 cm³/mol. The summed E-state index contributed by atoms with van der Waals surface area (Å²) in [7, 11) is 1.58. The second-order valence-corrected chi connectivity index (χ2v) is 7.25. The van der Waals surface area contributed by atoms with Crippen molar-refractivity contribution in [2.75, 3.05) is 23.9 Å². The van der Waals surface area contributed by atoms with Crippen LogP contribution in [0.2, 0.25) is 0 Å². The number of H-pyrrole nitrogens is 1. The van der Waals surface area contributed by atoms with Crippen LogP contribution in [-0.2, 0) is 4.79 Å². The molecule has 1 aliphatic rings. The van der Waals surface area contributed by atoms with Crippen LogP contribution in [0.25, 0.3) is 0 Å². The average Bonchev–Trinajstić information content (AvgIpc) is 3.15. The normalized spacial score (nSPS) is 17.1. The van der Waals surface area contributed by atoms with E-state index in [0.717, 1.165) is 11.3 Å². The van der Waals surface area contributed by atoms with Gasteiger partial charge in [0.1, 0.15) is 5.75 Å². The Morgan fingerprint density at radius 2 is 2.07 bits per heavy atom. The third-order valence-electron chi connectivity index (χ3n) is 5.22. The largest absolute Gasteiger partial charge is 0.495 e. The van der Waals surface area contributed by atoms with Crippen LogP contribution in [0.1, 0.15) is 36.6 Å². The lowest BCUT2D eigenvalue weighted by atomic mass is 10.0. The summed E-state index contributed by atoms with van der Waals surface area (Å²) in [4.78, 5) is 38.1. The number of nitrogens with zero attached hydrogens (tertiary/aromatic N) is 3. The van der Waals surface area contributed by atoms with Crippen LogP contribution in [0.3, 0.4) is 0 Å². The molecule has 2 aromatic heterocycles. The van der Waals surface area contributed by atoms with Gasteiger partial charge in [-0.05, 0) is 30.7 Å². The van der Waals surface area contributed by atoms with Crippen molar-refractivity contribution >= 4 is 17.5 Å². The van der Waals surface area contributed by atoms with Gasteiger partial charge >= 0.3 is 0 Å². The Hall–Kier alpha value is -3.68. The Morgan fingerprint density at radius 3 is 2.83 bits per heavy atom. The van der Waals surface area contributed by atoms with Crippen LogP contribution in [0.5, 0.6) is 5.75 Å².